The number of aliphatic hydroxyl groups is 1. The maximum atomic E-state index is 9.15. The molecule has 4 rings (SSSR count). The lowest BCUT2D eigenvalue weighted by atomic mass is 9.93. The zero-order chi connectivity index (χ0) is 17.1. The van der Waals surface area contributed by atoms with Crippen molar-refractivity contribution in [3.05, 3.63) is 54.0 Å². The first-order chi connectivity index (χ1) is 12.3. The van der Waals surface area contributed by atoms with E-state index in [-0.39, 0.29) is 6.61 Å². The summed E-state index contributed by atoms with van der Waals surface area (Å²) in [6.45, 7) is 1.95. The molecule has 0 radical (unpaired) electrons. The fourth-order valence-electron chi connectivity index (χ4n) is 3.37. The van der Waals surface area contributed by atoms with Crippen molar-refractivity contribution in [1.29, 1.82) is 0 Å². The molecule has 25 heavy (non-hydrogen) atoms. The molecule has 1 saturated heterocycles. The molecule has 0 saturated carbocycles. The summed E-state index contributed by atoms with van der Waals surface area (Å²) in [7, 11) is 0. The average molecular weight is 339 g/mol. The van der Waals surface area contributed by atoms with Gasteiger partial charge in [0, 0.05) is 30.4 Å². The van der Waals surface area contributed by atoms with Crippen LogP contribution in [0.2, 0.25) is 0 Å². The molecule has 2 aromatic heterocycles. The van der Waals surface area contributed by atoms with Crippen molar-refractivity contribution in [3.63, 3.8) is 0 Å². The first-order valence-corrected chi connectivity index (χ1v) is 8.54. The van der Waals surface area contributed by atoms with Crippen LogP contribution in [-0.2, 0) is 17.9 Å². The highest BCUT2D eigenvalue weighted by Gasteiger charge is 2.24. The van der Waals surface area contributed by atoms with E-state index < -0.39 is 0 Å². The van der Waals surface area contributed by atoms with Crippen LogP contribution in [0.5, 0.6) is 0 Å². The number of hydrogen-bond acceptors (Lipinski definition) is 5. The maximum absolute atomic E-state index is 9.15. The van der Waals surface area contributed by atoms with E-state index in [1.165, 1.54) is 5.69 Å². The van der Waals surface area contributed by atoms with Gasteiger partial charge in [-0.05, 0) is 12.8 Å². The van der Waals surface area contributed by atoms with Crippen molar-refractivity contribution in [2.45, 2.75) is 31.9 Å². The summed E-state index contributed by atoms with van der Waals surface area (Å²) >= 11 is 0. The highest BCUT2D eigenvalue weighted by molar-refractivity contribution is 5.62. The minimum Gasteiger partial charge on any atom is -0.388 e. The van der Waals surface area contributed by atoms with Crippen LogP contribution in [0.15, 0.2) is 36.7 Å². The smallest absolute Gasteiger partial charge is 0.176 e. The maximum Gasteiger partial charge on any atom is 0.176 e. The fraction of sp³-hybridized carbons (Fsp3) is 0.389. The Kier molecular flexibility index (Phi) is 4.58. The Balaban J connectivity index is 1.71. The van der Waals surface area contributed by atoms with E-state index in [1.807, 2.05) is 24.5 Å². The van der Waals surface area contributed by atoms with Gasteiger partial charge in [0.15, 0.2) is 5.82 Å². The normalized spacial score (nSPS) is 15.6. The van der Waals surface area contributed by atoms with Crippen molar-refractivity contribution in [3.8, 4) is 11.3 Å². The van der Waals surface area contributed by atoms with Gasteiger partial charge in [-0.15, -0.1) is 0 Å². The molecule has 7 heteroatoms. The molecule has 0 atom stereocenters. The van der Waals surface area contributed by atoms with Crippen LogP contribution in [0, 0.1) is 0 Å². The first-order valence-electron chi connectivity index (χ1n) is 8.54. The van der Waals surface area contributed by atoms with Gasteiger partial charge in [-0.1, -0.05) is 30.3 Å². The SMILES string of the molecule is OCc1n[nH]c(Cn2cnc(-c3ccccc3)c2C2CCOCC2)n1. The van der Waals surface area contributed by atoms with Crippen LogP contribution in [0.25, 0.3) is 11.3 Å². The Labute approximate surface area is 145 Å². The summed E-state index contributed by atoms with van der Waals surface area (Å²) in [5.74, 6) is 1.53. The number of nitrogens with zero attached hydrogens (tertiary/aromatic N) is 4. The zero-order valence-corrected chi connectivity index (χ0v) is 13.9. The quantitative estimate of drug-likeness (QED) is 0.743. The van der Waals surface area contributed by atoms with Crippen molar-refractivity contribution < 1.29 is 9.84 Å². The summed E-state index contributed by atoms with van der Waals surface area (Å²) in [5.41, 5.74) is 3.36. The first kappa shape index (κ1) is 16.0. The number of rotatable bonds is 5. The highest BCUT2D eigenvalue weighted by atomic mass is 16.5. The number of H-pyrrole nitrogens is 1. The lowest BCUT2D eigenvalue weighted by molar-refractivity contribution is 0.0839. The van der Waals surface area contributed by atoms with Crippen LogP contribution >= 0.6 is 0 Å². The van der Waals surface area contributed by atoms with Gasteiger partial charge in [-0.3, -0.25) is 5.10 Å². The number of nitrogens with one attached hydrogen (secondary N) is 1. The summed E-state index contributed by atoms with van der Waals surface area (Å²) < 4.78 is 7.67. The van der Waals surface area contributed by atoms with Crippen molar-refractivity contribution in [2.75, 3.05) is 13.2 Å². The number of imidazole rings is 1. The third-order valence-electron chi connectivity index (χ3n) is 4.57. The van der Waals surface area contributed by atoms with Gasteiger partial charge in [0.2, 0.25) is 0 Å². The topological polar surface area (TPSA) is 88.9 Å². The van der Waals surface area contributed by atoms with E-state index in [0.717, 1.165) is 43.1 Å². The summed E-state index contributed by atoms with van der Waals surface area (Å²) in [5, 5.41) is 16.0. The van der Waals surface area contributed by atoms with Crippen LogP contribution < -0.4 is 0 Å². The number of aromatic amines is 1. The average Bonchev–Trinajstić information content (AvgIpc) is 3.30. The number of aromatic nitrogens is 5. The highest BCUT2D eigenvalue weighted by Crippen LogP contribution is 2.34. The zero-order valence-electron chi connectivity index (χ0n) is 13.9. The molecule has 1 aliphatic heterocycles. The van der Waals surface area contributed by atoms with Gasteiger partial charge in [-0.2, -0.15) is 5.10 Å². The van der Waals surface area contributed by atoms with Crippen LogP contribution in [-0.4, -0.2) is 43.1 Å². The summed E-state index contributed by atoms with van der Waals surface area (Å²) in [6.07, 6.45) is 3.85. The largest absolute Gasteiger partial charge is 0.388 e. The van der Waals surface area contributed by atoms with E-state index in [1.54, 1.807) is 0 Å². The molecule has 1 aromatic carbocycles. The number of benzene rings is 1. The predicted molar refractivity (Wildman–Crippen MR) is 91.9 cm³/mol. The monoisotopic (exact) mass is 339 g/mol. The fourth-order valence-corrected chi connectivity index (χ4v) is 3.37. The second kappa shape index (κ2) is 7.16. The van der Waals surface area contributed by atoms with Gasteiger partial charge in [0.05, 0.1) is 18.6 Å². The molecule has 1 fully saturated rings. The van der Waals surface area contributed by atoms with E-state index in [4.69, 9.17) is 14.8 Å². The van der Waals surface area contributed by atoms with E-state index in [9.17, 15) is 0 Å². The third kappa shape index (κ3) is 3.33. The van der Waals surface area contributed by atoms with Gasteiger partial charge < -0.3 is 14.4 Å². The predicted octanol–water partition coefficient (Wildman–Crippen LogP) is 2.10. The van der Waals surface area contributed by atoms with Crippen LogP contribution in [0.3, 0.4) is 0 Å². The Hall–Kier alpha value is -2.51. The summed E-state index contributed by atoms with van der Waals surface area (Å²) in [4.78, 5) is 9.00. The molecule has 0 spiro atoms. The van der Waals surface area contributed by atoms with Gasteiger partial charge in [-0.25, -0.2) is 9.97 Å². The van der Waals surface area contributed by atoms with E-state index in [2.05, 4.69) is 31.9 Å². The number of ether oxygens (including phenoxy) is 1. The van der Waals surface area contributed by atoms with Gasteiger partial charge in [0.1, 0.15) is 12.4 Å². The molecule has 3 aromatic rings. The number of aliphatic hydroxyl groups excluding tert-OH is 1. The van der Waals surface area contributed by atoms with Crippen molar-refractivity contribution in [2.24, 2.45) is 0 Å². The molecule has 0 bridgehead atoms. The van der Waals surface area contributed by atoms with Gasteiger partial charge in [0.25, 0.3) is 0 Å². The second-order valence-electron chi connectivity index (χ2n) is 6.22. The van der Waals surface area contributed by atoms with Gasteiger partial charge >= 0.3 is 0 Å². The molecule has 130 valence electrons. The Morgan fingerprint density at radius 1 is 1.20 bits per heavy atom. The Morgan fingerprint density at radius 3 is 2.72 bits per heavy atom. The summed E-state index contributed by atoms with van der Waals surface area (Å²) in [6, 6.07) is 10.3. The standard InChI is InChI=1S/C18H21N5O2/c24-11-16-20-15(21-22-16)10-23-12-19-17(13-4-2-1-3-5-13)18(23)14-6-8-25-9-7-14/h1-5,12,14,24H,6-11H2,(H,20,21,22). The number of hydrogen-bond donors (Lipinski definition) is 2. The molecule has 2 N–H and O–H groups in total. The molecule has 0 amide bonds. The molecule has 0 aliphatic carbocycles. The molecule has 7 nitrogen and oxygen atoms in total. The minimum atomic E-state index is -0.164. The molecule has 1 aliphatic rings. The van der Waals surface area contributed by atoms with Crippen molar-refractivity contribution >= 4 is 0 Å². The molecule has 0 unspecified atom stereocenters. The van der Waals surface area contributed by atoms with E-state index in [0.29, 0.717) is 18.3 Å². The molecular formula is C18H21N5O2. The van der Waals surface area contributed by atoms with Crippen LogP contribution in [0.1, 0.15) is 36.1 Å². The van der Waals surface area contributed by atoms with Crippen LogP contribution in [0.4, 0.5) is 0 Å². The second-order valence-corrected chi connectivity index (χ2v) is 6.22. The lowest BCUT2D eigenvalue weighted by Gasteiger charge is -2.24. The lowest BCUT2D eigenvalue weighted by Crippen LogP contribution is -2.18. The molecule has 3 heterocycles. The molecular weight excluding hydrogens is 318 g/mol. The third-order valence-corrected chi connectivity index (χ3v) is 4.57. The Bertz CT molecular complexity index is 821. The minimum absolute atomic E-state index is 0.164. The van der Waals surface area contributed by atoms with E-state index >= 15 is 0 Å². The van der Waals surface area contributed by atoms with Crippen molar-refractivity contribution in [1.82, 2.24) is 24.7 Å². The Morgan fingerprint density at radius 2 is 2.00 bits per heavy atom.